The van der Waals surface area contributed by atoms with Crippen LogP contribution in [0.3, 0.4) is 0 Å². The zero-order valence-electron chi connectivity index (χ0n) is 9.98. The minimum atomic E-state index is -0.335. The zero-order chi connectivity index (χ0) is 12.5. The summed E-state index contributed by atoms with van der Waals surface area (Å²) >= 11 is 1.41. The second-order valence-electron chi connectivity index (χ2n) is 4.61. The van der Waals surface area contributed by atoms with Gasteiger partial charge in [-0.05, 0) is 36.9 Å². The smallest absolute Gasteiger partial charge is 0.259 e. The molecule has 2 aromatic rings. The molecule has 0 saturated carbocycles. The standard InChI is InChI=1S/C13H15N3OS/c14-12(17)11-10(8-3-1-5-15-7-8)9-4-2-6-16-13(9)18-11/h2,4,6,8,15H,1,3,5,7H2,(H2,14,17)/t8-/m0/s1. The maximum absolute atomic E-state index is 11.6. The van der Waals surface area contributed by atoms with Crippen molar-refractivity contribution in [1.82, 2.24) is 10.3 Å². The van der Waals surface area contributed by atoms with Crippen molar-refractivity contribution in [3.63, 3.8) is 0 Å². The van der Waals surface area contributed by atoms with E-state index in [1.165, 1.54) is 11.3 Å². The average molecular weight is 261 g/mol. The van der Waals surface area contributed by atoms with Crippen LogP contribution in [0, 0.1) is 0 Å². The lowest BCUT2D eigenvalue weighted by atomic mass is 9.90. The molecular weight excluding hydrogens is 246 g/mol. The third-order valence-corrected chi connectivity index (χ3v) is 4.58. The third kappa shape index (κ3) is 1.89. The number of rotatable bonds is 2. The van der Waals surface area contributed by atoms with Gasteiger partial charge < -0.3 is 11.1 Å². The number of fused-ring (bicyclic) bond motifs is 1. The number of hydrogen-bond donors (Lipinski definition) is 2. The first-order valence-corrected chi connectivity index (χ1v) is 6.97. The summed E-state index contributed by atoms with van der Waals surface area (Å²) in [6.45, 7) is 1.98. The highest BCUT2D eigenvalue weighted by molar-refractivity contribution is 7.20. The van der Waals surface area contributed by atoms with Crippen molar-refractivity contribution in [3.05, 3.63) is 28.8 Å². The zero-order valence-corrected chi connectivity index (χ0v) is 10.8. The lowest BCUT2D eigenvalue weighted by molar-refractivity contribution is 0.100. The van der Waals surface area contributed by atoms with E-state index in [-0.39, 0.29) is 5.91 Å². The molecular formula is C13H15N3OS. The summed E-state index contributed by atoms with van der Waals surface area (Å²) in [7, 11) is 0. The molecule has 3 heterocycles. The quantitative estimate of drug-likeness (QED) is 0.867. The Labute approximate surface area is 109 Å². The third-order valence-electron chi connectivity index (χ3n) is 3.43. The number of pyridine rings is 1. The Morgan fingerprint density at radius 3 is 3.17 bits per heavy atom. The molecule has 0 aromatic carbocycles. The monoisotopic (exact) mass is 261 g/mol. The second-order valence-corrected chi connectivity index (χ2v) is 5.61. The Balaban J connectivity index is 2.17. The van der Waals surface area contributed by atoms with Crippen LogP contribution in [0.2, 0.25) is 0 Å². The molecule has 4 nitrogen and oxygen atoms in total. The first kappa shape index (κ1) is 11.6. The highest BCUT2D eigenvalue weighted by atomic mass is 32.1. The van der Waals surface area contributed by atoms with Crippen molar-refractivity contribution in [2.75, 3.05) is 13.1 Å². The molecule has 3 rings (SSSR count). The van der Waals surface area contributed by atoms with Crippen LogP contribution in [0.25, 0.3) is 10.2 Å². The second kappa shape index (κ2) is 4.66. The highest BCUT2D eigenvalue weighted by Crippen LogP contribution is 2.37. The molecule has 1 amide bonds. The van der Waals surface area contributed by atoms with Crippen LogP contribution in [0.5, 0.6) is 0 Å². The van der Waals surface area contributed by atoms with E-state index in [4.69, 9.17) is 5.73 Å². The SMILES string of the molecule is NC(=O)c1sc2ncccc2c1[C@H]1CCCNC1. The molecule has 1 saturated heterocycles. The molecule has 0 radical (unpaired) electrons. The Morgan fingerprint density at radius 1 is 1.56 bits per heavy atom. The fourth-order valence-corrected chi connectivity index (χ4v) is 3.72. The van der Waals surface area contributed by atoms with Crippen LogP contribution in [0.4, 0.5) is 0 Å². The largest absolute Gasteiger partial charge is 0.365 e. The van der Waals surface area contributed by atoms with Gasteiger partial charge >= 0.3 is 0 Å². The Morgan fingerprint density at radius 2 is 2.44 bits per heavy atom. The van der Waals surface area contributed by atoms with Gasteiger partial charge in [0, 0.05) is 18.1 Å². The number of carbonyl (C=O) groups excluding carboxylic acids is 1. The van der Waals surface area contributed by atoms with Crippen molar-refractivity contribution in [2.24, 2.45) is 5.73 Å². The Kier molecular flexibility index (Phi) is 3.01. The molecule has 0 aliphatic carbocycles. The van der Waals surface area contributed by atoms with Crippen LogP contribution in [-0.2, 0) is 0 Å². The molecule has 94 valence electrons. The molecule has 18 heavy (non-hydrogen) atoms. The first-order chi connectivity index (χ1) is 8.77. The van der Waals surface area contributed by atoms with Gasteiger partial charge in [-0.3, -0.25) is 4.79 Å². The van der Waals surface area contributed by atoms with Gasteiger partial charge in [-0.1, -0.05) is 6.07 Å². The van der Waals surface area contributed by atoms with E-state index < -0.39 is 0 Å². The summed E-state index contributed by atoms with van der Waals surface area (Å²) in [5, 5.41) is 4.47. The molecule has 5 heteroatoms. The van der Waals surface area contributed by atoms with Crippen LogP contribution >= 0.6 is 11.3 Å². The Hall–Kier alpha value is -1.46. The van der Waals surface area contributed by atoms with Crippen molar-refractivity contribution < 1.29 is 4.79 Å². The van der Waals surface area contributed by atoms with E-state index in [9.17, 15) is 4.79 Å². The molecule has 1 aliphatic rings. The number of nitrogens with one attached hydrogen (secondary N) is 1. The van der Waals surface area contributed by atoms with Crippen molar-refractivity contribution in [3.8, 4) is 0 Å². The van der Waals surface area contributed by atoms with Crippen LogP contribution in [0.15, 0.2) is 18.3 Å². The number of piperidine rings is 1. The number of amides is 1. The minimum Gasteiger partial charge on any atom is -0.365 e. The maximum Gasteiger partial charge on any atom is 0.259 e. The number of carbonyl (C=O) groups is 1. The molecule has 0 bridgehead atoms. The van der Waals surface area contributed by atoms with Crippen LogP contribution < -0.4 is 11.1 Å². The number of aromatic nitrogens is 1. The van der Waals surface area contributed by atoms with Crippen molar-refractivity contribution in [1.29, 1.82) is 0 Å². The predicted octanol–water partition coefficient (Wildman–Crippen LogP) is 1.86. The highest BCUT2D eigenvalue weighted by Gasteiger charge is 2.25. The number of primary amides is 1. The van der Waals surface area contributed by atoms with Gasteiger partial charge in [0.05, 0.1) is 4.88 Å². The summed E-state index contributed by atoms with van der Waals surface area (Å²) in [4.78, 5) is 17.5. The molecule has 1 atom stereocenters. The van der Waals surface area contributed by atoms with E-state index in [1.807, 2.05) is 12.1 Å². The van der Waals surface area contributed by atoms with Crippen LogP contribution in [0.1, 0.15) is 34.0 Å². The van der Waals surface area contributed by atoms with Crippen molar-refractivity contribution >= 4 is 27.5 Å². The van der Waals surface area contributed by atoms with E-state index in [1.54, 1.807) is 6.20 Å². The lowest BCUT2D eigenvalue weighted by Gasteiger charge is -2.23. The van der Waals surface area contributed by atoms with Gasteiger partial charge in [0.1, 0.15) is 4.83 Å². The summed E-state index contributed by atoms with van der Waals surface area (Å²) < 4.78 is 0. The van der Waals surface area contributed by atoms with E-state index >= 15 is 0 Å². The van der Waals surface area contributed by atoms with Gasteiger partial charge in [-0.25, -0.2) is 4.98 Å². The number of nitrogens with two attached hydrogens (primary N) is 1. The summed E-state index contributed by atoms with van der Waals surface area (Å²) in [5.41, 5.74) is 6.61. The molecule has 2 aromatic heterocycles. The number of hydrogen-bond acceptors (Lipinski definition) is 4. The fourth-order valence-electron chi connectivity index (χ4n) is 2.64. The molecule has 1 fully saturated rings. The van der Waals surface area contributed by atoms with E-state index in [0.717, 1.165) is 41.7 Å². The number of nitrogens with zero attached hydrogens (tertiary/aromatic N) is 1. The Bertz CT molecular complexity index is 587. The van der Waals surface area contributed by atoms with Crippen LogP contribution in [-0.4, -0.2) is 24.0 Å². The predicted molar refractivity (Wildman–Crippen MR) is 73.0 cm³/mol. The summed E-state index contributed by atoms with van der Waals surface area (Å²) in [6.07, 6.45) is 4.00. The first-order valence-electron chi connectivity index (χ1n) is 6.15. The lowest BCUT2D eigenvalue weighted by Crippen LogP contribution is -2.29. The van der Waals surface area contributed by atoms with E-state index in [0.29, 0.717) is 10.8 Å². The van der Waals surface area contributed by atoms with Gasteiger partial charge in [0.2, 0.25) is 0 Å². The summed E-state index contributed by atoms with van der Waals surface area (Å²) in [6, 6.07) is 3.95. The van der Waals surface area contributed by atoms with Gasteiger partial charge in [-0.15, -0.1) is 11.3 Å². The minimum absolute atomic E-state index is 0.335. The number of thiophene rings is 1. The molecule has 0 unspecified atom stereocenters. The summed E-state index contributed by atoms with van der Waals surface area (Å²) in [5.74, 6) is 0.0396. The van der Waals surface area contributed by atoms with Crippen molar-refractivity contribution in [2.45, 2.75) is 18.8 Å². The fraction of sp³-hybridized carbons (Fsp3) is 0.385. The maximum atomic E-state index is 11.6. The average Bonchev–Trinajstić information content (AvgIpc) is 2.79. The molecule has 1 aliphatic heterocycles. The topological polar surface area (TPSA) is 68.0 Å². The van der Waals surface area contributed by atoms with Gasteiger partial charge in [0.25, 0.3) is 5.91 Å². The normalized spacial score (nSPS) is 20.1. The van der Waals surface area contributed by atoms with Gasteiger partial charge in [0.15, 0.2) is 0 Å². The molecule has 0 spiro atoms. The van der Waals surface area contributed by atoms with E-state index in [2.05, 4.69) is 10.3 Å². The molecule has 3 N–H and O–H groups in total. The van der Waals surface area contributed by atoms with Gasteiger partial charge in [-0.2, -0.15) is 0 Å².